The number of halogens is 1. The molecule has 0 aliphatic heterocycles. The van der Waals surface area contributed by atoms with Gasteiger partial charge in [-0.25, -0.2) is 4.98 Å². The Balaban J connectivity index is 1.76. The van der Waals surface area contributed by atoms with Crippen molar-refractivity contribution in [1.29, 1.82) is 0 Å². The van der Waals surface area contributed by atoms with Gasteiger partial charge in [0.2, 0.25) is 0 Å². The molecule has 132 valence electrons. The molecule has 1 saturated carbocycles. The maximum atomic E-state index is 7.30. The fraction of sp³-hybridized carbons (Fsp3) is 0.316. The lowest BCUT2D eigenvalue weighted by molar-refractivity contribution is 0.384. The largest absolute Gasteiger partial charge is 0.497 e. The summed E-state index contributed by atoms with van der Waals surface area (Å²) >= 11 is 6.26. The summed E-state index contributed by atoms with van der Waals surface area (Å²) in [5, 5.41) is 4.60. The number of aromatic nitrogens is 3. The van der Waals surface area contributed by atoms with Gasteiger partial charge in [0, 0.05) is 18.7 Å². The van der Waals surface area contributed by atoms with Crippen molar-refractivity contribution in [3.8, 4) is 5.75 Å². The number of benzene rings is 1. The van der Waals surface area contributed by atoms with Crippen LogP contribution < -0.4 is 9.64 Å². The number of nitrogens with zero attached hydrogens (tertiary/aromatic N) is 5. The Labute approximate surface area is 156 Å². The van der Waals surface area contributed by atoms with Crippen molar-refractivity contribution in [3.63, 3.8) is 0 Å². The highest BCUT2D eigenvalue weighted by atomic mass is 35.5. The SMILES string of the molecule is [C-]#[N+]c1cnc2c(N(Cc3ccc(OC)cc3)C3CCC3)cc(Cl)nn12. The van der Waals surface area contributed by atoms with Gasteiger partial charge in [0.15, 0.2) is 5.15 Å². The quantitative estimate of drug-likeness (QED) is 0.623. The van der Waals surface area contributed by atoms with Crippen LogP contribution in [0.2, 0.25) is 5.15 Å². The standard InChI is InChI=1S/C19H18ClN5O/c1-21-18-11-22-19-16(10-17(20)23-25(18)19)24(14-4-3-5-14)12-13-6-8-15(26-2)9-7-13/h6-11,14H,3-5,12H2,2H3. The highest BCUT2D eigenvalue weighted by Gasteiger charge is 2.29. The van der Waals surface area contributed by atoms with Crippen LogP contribution in [0.25, 0.3) is 10.5 Å². The predicted molar refractivity (Wildman–Crippen MR) is 101 cm³/mol. The van der Waals surface area contributed by atoms with Crippen LogP contribution in [-0.4, -0.2) is 27.7 Å². The van der Waals surface area contributed by atoms with Crippen molar-refractivity contribution < 1.29 is 4.74 Å². The van der Waals surface area contributed by atoms with Crippen LogP contribution in [0, 0.1) is 6.57 Å². The molecule has 1 aliphatic carbocycles. The zero-order valence-electron chi connectivity index (χ0n) is 14.4. The molecule has 2 heterocycles. The lowest BCUT2D eigenvalue weighted by Gasteiger charge is -2.39. The molecule has 1 aliphatic rings. The highest BCUT2D eigenvalue weighted by molar-refractivity contribution is 6.29. The third-order valence-corrected chi connectivity index (χ3v) is 5.04. The van der Waals surface area contributed by atoms with Crippen LogP contribution in [-0.2, 0) is 6.54 Å². The first-order chi connectivity index (χ1) is 12.7. The number of rotatable bonds is 5. The van der Waals surface area contributed by atoms with E-state index in [2.05, 4.69) is 32.0 Å². The first kappa shape index (κ1) is 16.7. The smallest absolute Gasteiger partial charge is 0.275 e. The molecule has 6 nitrogen and oxygen atoms in total. The van der Waals surface area contributed by atoms with E-state index in [1.807, 2.05) is 18.2 Å². The third-order valence-electron chi connectivity index (χ3n) is 4.85. The number of hydrogen-bond acceptors (Lipinski definition) is 4. The number of imidazole rings is 1. The van der Waals surface area contributed by atoms with Crippen LogP contribution in [0.1, 0.15) is 24.8 Å². The lowest BCUT2D eigenvalue weighted by atomic mass is 9.90. The molecule has 0 unspecified atom stereocenters. The monoisotopic (exact) mass is 367 g/mol. The van der Waals surface area contributed by atoms with Gasteiger partial charge in [0.1, 0.15) is 11.4 Å². The molecule has 0 atom stereocenters. The topological polar surface area (TPSA) is 47.0 Å². The molecule has 4 rings (SSSR count). The van der Waals surface area contributed by atoms with E-state index in [0.717, 1.165) is 30.8 Å². The Hall–Kier alpha value is -2.78. The normalized spacial score (nSPS) is 14.0. The average Bonchev–Trinajstić information content (AvgIpc) is 3.02. The number of fused-ring (bicyclic) bond motifs is 1. The Morgan fingerprint density at radius 3 is 2.73 bits per heavy atom. The summed E-state index contributed by atoms with van der Waals surface area (Å²) < 4.78 is 6.78. The minimum absolute atomic E-state index is 0.356. The minimum Gasteiger partial charge on any atom is -0.497 e. The van der Waals surface area contributed by atoms with Crippen LogP contribution >= 0.6 is 11.6 Å². The van der Waals surface area contributed by atoms with Crippen molar-refractivity contribution >= 4 is 28.8 Å². The van der Waals surface area contributed by atoms with E-state index < -0.39 is 0 Å². The third kappa shape index (κ3) is 2.95. The lowest BCUT2D eigenvalue weighted by Crippen LogP contribution is -2.40. The van der Waals surface area contributed by atoms with Crippen molar-refractivity contribution in [2.75, 3.05) is 12.0 Å². The first-order valence-corrected chi connectivity index (χ1v) is 8.88. The highest BCUT2D eigenvalue weighted by Crippen LogP contribution is 2.35. The second-order valence-electron chi connectivity index (χ2n) is 6.38. The van der Waals surface area contributed by atoms with Gasteiger partial charge in [-0.15, -0.1) is 4.52 Å². The van der Waals surface area contributed by atoms with Gasteiger partial charge >= 0.3 is 0 Å². The van der Waals surface area contributed by atoms with Gasteiger partial charge in [0.25, 0.3) is 11.5 Å². The molecule has 1 aromatic carbocycles. The van der Waals surface area contributed by atoms with Gasteiger partial charge in [-0.3, -0.25) is 0 Å². The fourth-order valence-corrected chi connectivity index (χ4v) is 3.42. The molecule has 26 heavy (non-hydrogen) atoms. The van der Waals surface area contributed by atoms with Crippen LogP contribution in [0.15, 0.2) is 36.5 Å². The summed E-state index contributed by atoms with van der Waals surface area (Å²) in [7, 11) is 1.67. The second kappa shape index (κ2) is 6.85. The Morgan fingerprint density at radius 2 is 2.12 bits per heavy atom. The molecular formula is C19H18ClN5O. The van der Waals surface area contributed by atoms with E-state index >= 15 is 0 Å². The molecule has 0 bridgehead atoms. The first-order valence-electron chi connectivity index (χ1n) is 8.51. The van der Waals surface area contributed by atoms with E-state index in [0.29, 0.717) is 22.7 Å². The zero-order valence-corrected chi connectivity index (χ0v) is 15.1. The van der Waals surface area contributed by atoms with Crippen molar-refractivity contribution in [2.45, 2.75) is 31.8 Å². The van der Waals surface area contributed by atoms with E-state index in [1.54, 1.807) is 13.3 Å². The van der Waals surface area contributed by atoms with E-state index in [1.165, 1.54) is 16.5 Å². The molecule has 0 spiro atoms. The number of methoxy groups -OCH3 is 1. The average molecular weight is 368 g/mol. The molecule has 0 amide bonds. The summed E-state index contributed by atoms with van der Waals surface area (Å²) in [5.74, 6) is 1.20. The van der Waals surface area contributed by atoms with Crippen molar-refractivity contribution in [2.24, 2.45) is 0 Å². The number of hydrogen-bond donors (Lipinski definition) is 0. The van der Waals surface area contributed by atoms with Crippen LogP contribution in [0.3, 0.4) is 0 Å². The summed E-state index contributed by atoms with van der Waals surface area (Å²) in [6, 6.07) is 10.4. The predicted octanol–water partition coefficient (Wildman–Crippen LogP) is 4.50. The van der Waals surface area contributed by atoms with Gasteiger partial charge in [-0.05, 0) is 37.0 Å². The van der Waals surface area contributed by atoms with Crippen LogP contribution in [0.4, 0.5) is 11.5 Å². The Kier molecular flexibility index (Phi) is 4.39. The van der Waals surface area contributed by atoms with Crippen molar-refractivity contribution in [1.82, 2.24) is 14.6 Å². The fourth-order valence-electron chi connectivity index (χ4n) is 3.24. The summed E-state index contributed by atoms with van der Waals surface area (Å²) in [6.45, 7) is 8.04. The second-order valence-corrected chi connectivity index (χ2v) is 6.76. The number of anilines is 1. The summed E-state index contributed by atoms with van der Waals surface area (Å²) in [4.78, 5) is 10.2. The molecule has 3 aromatic rings. The molecule has 0 N–H and O–H groups in total. The molecule has 0 radical (unpaired) electrons. The van der Waals surface area contributed by atoms with Crippen molar-refractivity contribution in [3.05, 3.63) is 58.7 Å². The van der Waals surface area contributed by atoms with E-state index in [9.17, 15) is 0 Å². The van der Waals surface area contributed by atoms with Gasteiger partial charge in [0.05, 0.1) is 13.3 Å². The minimum atomic E-state index is 0.356. The van der Waals surface area contributed by atoms with Gasteiger partial charge in [-0.1, -0.05) is 35.4 Å². The molecule has 2 aromatic heterocycles. The zero-order chi connectivity index (χ0) is 18.1. The maximum absolute atomic E-state index is 7.30. The molecule has 0 saturated heterocycles. The van der Waals surface area contributed by atoms with Crippen LogP contribution in [0.5, 0.6) is 5.75 Å². The van der Waals surface area contributed by atoms with Gasteiger partial charge < -0.3 is 14.5 Å². The summed E-state index contributed by atoms with van der Waals surface area (Å²) in [5.41, 5.74) is 2.77. The maximum Gasteiger partial charge on any atom is 0.275 e. The van der Waals surface area contributed by atoms with Gasteiger partial charge in [-0.2, -0.15) is 0 Å². The Morgan fingerprint density at radius 1 is 1.35 bits per heavy atom. The Bertz CT molecular complexity index is 972. The summed E-state index contributed by atoms with van der Waals surface area (Å²) in [6.07, 6.45) is 5.04. The number of ether oxygens (including phenoxy) is 1. The van der Waals surface area contributed by atoms with E-state index in [-0.39, 0.29) is 0 Å². The molecule has 7 heteroatoms. The molecule has 1 fully saturated rings. The van der Waals surface area contributed by atoms with E-state index in [4.69, 9.17) is 22.9 Å². The molecular weight excluding hydrogens is 350 g/mol.